The van der Waals surface area contributed by atoms with Gasteiger partial charge in [0.15, 0.2) is 0 Å². The lowest BCUT2D eigenvalue weighted by molar-refractivity contribution is 0.259. The van der Waals surface area contributed by atoms with Crippen LogP contribution in [-0.4, -0.2) is 18.5 Å². The van der Waals surface area contributed by atoms with Crippen LogP contribution in [0.4, 0.5) is 0 Å². The molecule has 0 amide bonds. The molecule has 0 aromatic carbocycles. The smallest absolute Gasteiger partial charge is 0.120 e. The molecule has 0 fully saturated rings. The Labute approximate surface area is 127 Å². The number of nitrogens with one attached hydrogen (secondary N) is 1. The lowest BCUT2D eigenvalue weighted by Gasteiger charge is -2.13. The highest BCUT2D eigenvalue weighted by atomic mass is 16.3. The lowest BCUT2D eigenvalue weighted by atomic mass is 10.2. The predicted molar refractivity (Wildman–Crippen MR) is 84.1 cm³/mol. The van der Waals surface area contributed by atoms with Crippen molar-refractivity contribution in [2.45, 2.75) is 46.8 Å². The van der Waals surface area contributed by atoms with E-state index in [1.165, 1.54) is 5.56 Å². The van der Waals surface area contributed by atoms with Crippen molar-refractivity contribution in [3.8, 4) is 0 Å². The third kappa shape index (κ3) is 4.76. The van der Waals surface area contributed by atoms with Gasteiger partial charge in [-0.15, -0.1) is 0 Å². The maximum Gasteiger partial charge on any atom is 0.120 e. The largest absolute Gasteiger partial charge is 0.465 e. The normalized spacial score (nSPS) is 11.5. The Morgan fingerprint density at radius 3 is 2.52 bits per heavy atom. The average molecular weight is 290 g/mol. The Hall–Kier alpha value is -1.52. The molecule has 0 bridgehead atoms. The standard InChI is InChI=1S/C17H26N2O2/c1-5-8-18-10-17-13(2)9-16(21-17)12-19(4)11-15-7-6-14(3)20-15/h6-7,9,18H,5,8,10-12H2,1-4H3. The molecule has 0 unspecified atom stereocenters. The maximum atomic E-state index is 5.94. The summed E-state index contributed by atoms with van der Waals surface area (Å²) < 4.78 is 11.5. The van der Waals surface area contributed by atoms with Crippen molar-refractivity contribution in [2.24, 2.45) is 0 Å². The molecule has 0 saturated heterocycles. The second-order valence-electron chi connectivity index (χ2n) is 5.68. The summed E-state index contributed by atoms with van der Waals surface area (Å²) in [6, 6.07) is 6.16. The molecule has 21 heavy (non-hydrogen) atoms. The van der Waals surface area contributed by atoms with Crippen LogP contribution in [0.3, 0.4) is 0 Å². The summed E-state index contributed by atoms with van der Waals surface area (Å²) >= 11 is 0. The van der Waals surface area contributed by atoms with Gasteiger partial charge in [-0.3, -0.25) is 4.90 Å². The Morgan fingerprint density at radius 2 is 1.86 bits per heavy atom. The van der Waals surface area contributed by atoms with Crippen molar-refractivity contribution in [1.82, 2.24) is 10.2 Å². The quantitative estimate of drug-likeness (QED) is 0.754. The highest BCUT2D eigenvalue weighted by Gasteiger charge is 2.11. The fourth-order valence-electron chi connectivity index (χ4n) is 2.38. The number of aryl methyl sites for hydroxylation is 2. The molecule has 0 spiro atoms. The zero-order valence-corrected chi connectivity index (χ0v) is 13.5. The van der Waals surface area contributed by atoms with Gasteiger partial charge in [-0.25, -0.2) is 0 Å². The Bertz CT molecular complexity index is 557. The summed E-state index contributed by atoms with van der Waals surface area (Å²) in [7, 11) is 2.07. The third-order valence-corrected chi connectivity index (χ3v) is 3.43. The highest BCUT2D eigenvalue weighted by Crippen LogP contribution is 2.17. The van der Waals surface area contributed by atoms with Crippen molar-refractivity contribution in [3.63, 3.8) is 0 Å². The summed E-state index contributed by atoms with van der Waals surface area (Å²) in [5.41, 5.74) is 1.22. The van der Waals surface area contributed by atoms with Gasteiger partial charge in [0, 0.05) is 0 Å². The van der Waals surface area contributed by atoms with Gasteiger partial charge in [-0.1, -0.05) is 6.92 Å². The van der Waals surface area contributed by atoms with E-state index in [1.807, 2.05) is 19.1 Å². The molecule has 0 aliphatic rings. The Balaban J connectivity index is 1.88. The van der Waals surface area contributed by atoms with Gasteiger partial charge in [0.2, 0.25) is 0 Å². The van der Waals surface area contributed by atoms with Gasteiger partial charge in [-0.2, -0.15) is 0 Å². The topological polar surface area (TPSA) is 41.6 Å². The highest BCUT2D eigenvalue weighted by molar-refractivity contribution is 5.20. The average Bonchev–Trinajstić information content (AvgIpc) is 2.96. The van der Waals surface area contributed by atoms with E-state index in [0.717, 1.165) is 55.6 Å². The van der Waals surface area contributed by atoms with Gasteiger partial charge in [0.1, 0.15) is 23.0 Å². The molecule has 4 heteroatoms. The number of nitrogens with zero attached hydrogens (tertiary/aromatic N) is 1. The first-order valence-electron chi connectivity index (χ1n) is 7.61. The van der Waals surface area contributed by atoms with Gasteiger partial charge < -0.3 is 14.2 Å². The lowest BCUT2D eigenvalue weighted by Crippen LogP contribution is -2.16. The summed E-state index contributed by atoms with van der Waals surface area (Å²) in [4.78, 5) is 2.19. The Morgan fingerprint density at radius 1 is 1.10 bits per heavy atom. The fourth-order valence-corrected chi connectivity index (χ4v) is 2.38. The van der Waals surface area contributed by atoms with E-state index in [1.54, 1.807) is 0 Å². The molecular formula is C17H26N2O2. The summed E-state index contributed by atoms with van der Waals surface area (Å²) in [6.45, 7) is 9.64. The van der Waals surface area contributed by atoms with Crippen LogP contribution in [0.2, 0.25) is 0 Å². The Kier molecular flexibility index (Phi) is 5.65. The molecule has 1 N–H and O–H groups in total. The molecule has 4 nitrogen and oxygen atoms in total. The third-order valence-electron chi connectivity index (χ3n) is 3.43. The molecule has 116 valence electrons. The minimum absolute atomic E-state index is 0.786. The van der Waals surface area contributed by atoms with Crippen LogP contribution in [0.5, 0.6) is 0 Å². The van der Waals surface area contributed by atoms with E-state index in [4.69, 9.17) is 8.83 Å². The van der Waals surface area contributed by atoms with Crippen molar-refractivity contribution in [2.75, 3.05) is 13.6 Å². The molecule has 0 saturated carbocycles. The minimum Gasteiger partial charge on any atom is -0.465 e. The van der Waals surface area contributed by atoms with Crippen LogP contribution in [0.1, 0.15) is 41.9 Å². The van der Waals surface area contributed by atoms with E-state index in [0.29, 0.717) is 0 Å². The molecular weight excluding hydrogens is 264 g/mol. The van der Waals surface area contributed by atoms with E-state index >= 15 is 0 Å². The van der Waals surface area contributed by atoms with Crippen LogP contribution in [-0.2, 0) is 19.6 Å². The van der Waals surface area contributed by atoms with Gasteiger partial charge in [0.05, 0.1) is 19.6 Å². The van der Waals surface area contributed by atoms with E-state index < -0.39 is 0 Å². The van der Waals surface area contributed by atoms with Crippen molar-refractivity contribution >= 4 is 0 Å². The number of hydrogen-bond donors (Lipinski definition) is 1. The molecule has 0 atom stereocenters. The molecule has 0 radical (unpaired) electrons. The van der Waals surface area contributed by atoms with E-state index in [9.17, 15) is 0 Å². The summed E-state index contributed by atoms with van der Waals surface area (Å²) in [5, 5.41) is 3.38. The van der Waals surface area contributed by atoms with Gasteiger partial charge in [-0.05, 0) is 57.6 Å². The zero-order valence-electron chi connectivity index (χ0n) is 13.5. The van der Waals surface area contributed by atoms with Gasteiger partial charge in [0.25, 0.3) is 0 Å². The first-order valence-corrected chi connectivity index (χ1v) is 7.61. The number of furan rings is 2. The van der Waals surface area contributed by atoms with E-state index in [-0.39, 0.29) is 0 Å². The van der Waals surface area contributed by atoms with Crippen LogP contribution in [0, 0.1) is 13.8 Å². The molecule has 2 aromatic rings. The van der Waals surface area contributed by atoms with Crippen molar-refractivity contribution in [3.05, 3.63) is 46.8 Å². The fraction of sp³-hybridized carbons (Fsp3) is 0.529. The summed E-state index contributed by atoms with van der Waals surface area (Å²) in [5.74, 6) is 3.99. The predicted octanol–water partition coefficient (Wildman–Crippen LogP) is 3.62. The first kappa shape index (κ1) is 15.9. The summed E-state index contributed by atoms with van der Waals surface area (Å²) in [6.07, 6.45) is 1.14. The van der Waals surface area contributed by atoms with Crippen LogP contribution < -0.4 is 5.32 Å². The van der Waals surface area contributed by atoms with Crippen LogP contribution in [0.25, 0.3) is 0 Å². The zero-order chi connectivity index (χ0) is 15.2. The second-order valence-corrected chi connectivity index (χ2v) is 5.68. The first-order chi connectivity index (χ1) is 10.1. The molecule has 0 aliphatic heterocycles. The van der Waals surface area contributed by atoms with Gasteiger partial charge >= 0.3 is 0 Å². The minimum atomic E-state index is 0.786. The van der Waals surface area contributed by atoms with Crippen molar-refractivity contribution < 1.29 is 8.83 Å². The van der Waals surface area contributed by atoms with Crippen LogP contribution >= 0.6 is 0 Å². The molecule has 2 aromatic heterocycles. The number of rotatable bonds is 8. The maximum absolute atomic E-state index is 5.94. The SMILES string of the molecule is CCCNCc1oc(CN(C)Cc2ccc(C)o2)cc1C. The number of hydrogen-bond acceptors (Lipinski definition) is 4. The van der Waals surface area contributed by atoms with Crippen molar-refractivity contribution in [1.29, 1.82) is 0 Å². The molecule has 2 heterocycles. The van der Waals surface area contributed by atoms with E-state index in [2.05, 4.69) is 37.2 Å². The van der Waals surface area contributed by atoms with Crippen LogP contribution in [0.15, 0.2) is 27.0 Å². The molecule has 0 aliphatic carbocycles. The molecule has 2 rings (SSSR count). The second kappa shape index (κ2) is 7.48. The monoisotopic (exact) mass is 290 g/mol.